The molecule has 1 aliphatic rings. The Bertz CT molecular complexity index is 368. The van der Waals surface area contributed by atoms with Crippen LogP contribution in [0, 0.1) is 5.41 Å². The average molecular weight is 245 g/mol. The van der Waals surface area contributed by atoms with Crippen molar-refractivity contribution in [2.75, 3.05) is 0 Å². The largest absolute Gasteiger partial charge is 0.325 e. The Balaban J connectivity index is 1.89. The molecule has 2 N–H and O–H groups in total. The molecule has 1 nitrogen and oxygen atoms in total. The Morgan fingerprint density at radius 3 is 2.39 bits per heavy atom. The molecule has 18 heavy (non-hydrogen) atoms. The van der Waals surface area contributed by atoms with Gasteiger partial charge >= 0.3 is 0 Å². The number of hydrogen-bond donors (Lipinski definition) is 1. The van der Waals surface area contributed by atoms with Crippen LogP contribution >= 0.6 is 0 Å². The molecule has 0 amide bonds. The minimum atomic E-state index is 0.0556. The summed E-state index contributed by atoms with van der Waals surface area (Å²) in [7, 11) is 0. The van der Waals surface area contributed by atoms with E-state index in [0.717, 1.165) is 12.8 Å². The summed E-state index contributed by atoms with van der Waals surface area (Å²) in [5, 5.41) is 0. The van der Waals surface area contributed by atoms with Crippen molar-refractivity contribution in [3.63, 3.8) is 0 Å². The maximum Gasteiger partial charge on any atom is 0.0206 e. The first kappa shape index (κ1) is 13.6. The molecule has 0 spiro atoms. The van der Waals surface area contributed by atoms with Crippen LogP contribution in [0.3, 0.4) is 0 Å². The van der Waals surface area contributed by atoms with Gasteiger partial charge in [0.1, 0.15) is 0 Å². The minimum absolute atomic E-state index is 0.0556. The summed E-state index contributed by atoms with van der Waals surface area (Å²) in [4.78, 5) is 0. The van der Waals surface area contributed by atoms with Crippen molar-refractivity contribution < 1.29 is 0 Å². The van der Waals surface area contributed by atoms with Gasteiger partial charge in [-0.1, -0.05) is 57.0 Å². The molecule has 1 aromatic carbocycles. The summed E-state index contributed by atoms with van der Waals surface area (Å²) >= 11 is 0. The second-order valence-electron chi connectivity index (χ2n) is 6.59. The van der Waals surface area contributed by atoms with Crippen LogP contribution < -0.4 is 5.73 Å². The highest BCUT2D eigenvalue weighted by molar-refractivity contribution is 5.14. The highest BCUT2D eigenvalue weighted by Gasteiger charge is 2.42. The van der Waals surface area contributed by atoms with E-state index in [-0.39, 0.29) is 5.54 Å². The lowest BCUT2D eigenvalue weighted by atomic mass is 9.62. The van der Waals surface area contributed by atoms with Gasteiger partial charge in [0, 0.05) is 5.54 Å². The van der Waals surface area contributed by atoms with Crippen molar-refractivity contribution in [2.24, 2.45) is 11.1 Å². The molecule has 0 aromatic heterocycles. The van der Waals surface area contributed by atoms with Crippen LogP contribution in [0.15, 0.2) is 30.3 Å². The highest BCUT2D eigenvalue weighted by Crippen LogP contribution is 2.44. The molecule has 0 saturated heterocycles. The van der Waals surface area contributed by atoms with E-state index in [1.54, 1.807) is 0 Å². The fourth-order valence-electron chi connectivity index (χ4n) is 3.31. The molecule has 1 unspecified atom stereocenters. The minimum Gasteiger partial charge on any atom is -0.325 e. The van der Waals surface area contributed by atoms with E-state index in [4.69, 9.17) is 5.73 Å². The lowest BCUT2D eigenvalue weighted by Crippen LogP contribution is -2.54. The van der Waals surface area contributed by atoms with Crippen LogP contribution in [0.25, 0.3) is 0 Å². The van der Waals surface area contributed by atoms with Crippen LogP contribution in [0.2, 0.25) is 0 Å². The summed E-state index contributed by atoms with van der Waals surface area (Å²) in [6.07, 6.45) is 8.69. The molecule has 1 heteroatoms. The fraction of sp³-hybridized carbons (Fsp3) is 0.647. The Kier molecular flexibility index (Phi) is 4.11. The van der Waals surface area contributed by atoms with Crippen molar-refractivity contribution in [2.45, 2.75) is 64.3 Å². The van der Waals surface area contributed by atoms with Gasteiger partial charge in [-0.25, -0.2) is 0 Å². The van der Waals surface area contributed by atoms with Gasteiger partial charge in [-0.05, 0) is 43.1 Å². The summed E-state index contributed by atoms with van der Waals surface area (Å²) in [6, 6.07) is 10.8. The molecule has 2 rings (SSSR count). The maximum atomic E-state index is 6.70. The van der Waals surface area contributed by atoms with Gasteiger partial charge in [0.15, 0.2) is 0 Å². The summed E-state index contributed by atoms with van der Waals surface area (Å²) in [5.74, 6) is 0. The fourth-order valence-corrected chi connectivity index (χ4v) is 3.31. The van der Waals surface area contributed by atoms with Crippen LogP contribution in [0.1, 0.15) is 57.9 Å². The summed E-state index contributed by atoms with van der Waals surface area (Å²) in [5.41, 5.74) is 8.50. The lowest BCUT2D eigenvalue weighted by Gasteiger charge is -2.48. The Hall–Kier alpha value is -0.820. The maximum absolute atomic E-state index is 6.70. The first-order valence-electron chi connectivity index (χ1n) is 7.36. The number of benzene rings is 1. The van der Waals surface area contributed by atoms with Crippen molar-refractivity contribution in [1.82, 2.24) is 0 Å². The van der Waals surface area contributed by atoms with Crippen molar-refractivity contribution >= 4 is 0 Å². The van der Waals surface area contributed by atoms with E-state index in [1.807, 2.05) is 0 Å². The SMILES string of the molecule is CC1(C)CCCCC1(N)CCCc1ccccc1. The van der Waals surface area contributed by atoms with E-state index >= 15 is 0 Å². The molecule has 1 atom stereocenters. The quantitative estimate of drug-likeness (QED) is 0.840. The first-order valence-corrected chi connectivity index (χ1v) is 7.36. The summed E-state index contributed by atoms with van der Waals surface area (Å²) in [6.45, 7) is 4.71. The molecule has 1 saturated carbocycles. The first-order chi connectivity index (χ1) is 8.54. The Labute approximate surface area is 112 Å². The highest BCUT2D eigenvalue weighted by atomic mass is 14.8. The molecular weight excluding hydrogens is 218 g/mol. The normalized spacial score (nSPS) is 27.1. The number of hydrogen-bond acceptors (Lipinski definition) is 1. The van der Waals surface area contributed by atoms with Crippen molar-refractivity contribution in [3.05, 3.63) is 35.9 Å². The van der Waals surface area contributed by atoms with Gasteiger partial charge in [-0.15, -0.1) is 0 Å². The van der Waals surface area contributed by atoms with Crippen molar-refractivity contribution in [3.8, 4) is 0 Å². The number of aryl methyl sites for hydroxylation is 1. The monoisotopic (exact) mass is 245 g/mol. The third-order valence-electron chi connectivity index (χ3n) is 4.95. The van der Waals surface area contributed by atoms with Gasteiger partial charge in [-0.3, -0.25) is 0 Å². The van der Waals surface area contributed by atoms with E-state index in [1.165, 1.54) is 37.7 Å². The molecular formula is C17H27N. The molecule has 0 heterocycles. The zero-order valence-electron chi connectivity index (χ0n) is 11.9. The molecule has 1 aliphatic carbocycles. The van der Waals surface area contributed by atoms with Crippen LogP contribution in [-0.2, 0) is 6.42 Å². The molecule has 1 aromatic rings. The smallest absolute Gasteiger partial charge is 0.0206 e. The second kappa shape index (κ2) is 5.44. The van der Waals surface area contributed by atoms with Gasteiger partial charge < -0.3 is 5.73 Å². The molecule has 0 radical (unpaired) electrons. The zero-order chi connectivity index (χ0) is 13.1. The second-order valence-corrected chi connectivity index (χ2v) is 6.59. The van der Waals surface area contributed by atoms with Gasteiger partial charge in [-0.2, -0.15) is 0 Å². The van der Waals surface area contributed by atoms with Crippen molar-refractivity contribution in [1.29, 1.82) is 0 Å². The molecule has 0 aliphatic heterocycles. The Morgan fingerprint density at radius 2 is 1.72 bits per heavy atom. The topological polar surface area (TPSA) is 26.0 Å². The lowest BCUT2D eigenvalue weighted by molar-refractivity contribution is 0.0888. The molecule has 100 valence electrons. The van der Waals surface area contributed by atoms with E-state index < -0.39 is 0 Å². The third-order valence-corrected chi connectivity index (χ3v) is 4.95. The van der Waals surface area contributed by atoms with E-state index in [9.17, 15) is 0 Å². The molecule has 1 fully saturated rings. The van der Waals surface area contributed by atoms with E-state index in [2.05, 4.69) is 44.2 Å². The third kappa shape index (κ3) is 2.95. The Morgan fingerprint density at radius 1 is 1.06 bits per heavy atom. The number of rotatable bonds is 4. The van der Waals surface area contributed by atoms with Crippen LogP contribution in [-0.4, -0.2) is 5.54 Å². The van der Waals surface area contributed by atoms with Gasteiger partial charge in [0.25, 0.3) is 0 Å². The number of nitrogens with two attached hydrogens (primary N) is 1. The van der Waals surface area contributed by atoms with E-state index in [0.29, 0.717) is 5.41 Å². The molecule has 0 bridgehead atoms. The average Bonchev–Trinajstić information content (AvgIpc) is 2.35. The van der Waals surface area contributed by atoms with Crippen LogP contribution in [0.4, 0.5) is 0 Å². The summed E-state index contributed by atoms with van der Waals surface area (Å²) < 4.78 is 0. The standard InChI is InChI=1S/C17H27N/c1-16(2)12-6-7-13-17(16,18)14-8-11-15-9-4-3-5-10-15/h3-5,9-10H,6-8,11-14,18H2,1-2H3. The zero-order valence-corrected chi connectivity index (χ0v) is 11.9. The van der Waals surface area contributed by atoms with Gasteiger partial charge in [0.2, 0.25) is 0 Å². The van der Waals surface area contributed by atoms with Gasteiger partial charge in [0.05, 0.1) is 0 Å². The predicted molar refractivity (Wildman–Crippen MR) is 78.5 cm³/mol. The predicted octanol–water partition coefficient (Wildman–Crippen LogP) is 4.31. The van der Waals surface area contributed by atoms with Crippen LogP contribution in [0.5, 0.6) is 0 Å².